The van der Waals surface area contributed by atoms with Gasteiger partial charge in [0, 0.05) is 10.3 Å². The Kier molecular flexibility index (Phi) is 3.86. The number of ketones is 1. The fourth-order valence-electron chi connectivity index (χ4n) is 2.91. The Balaban J connectivity index is 1.70. The Hall–Kier alpha value is -2.91. The van der Waals surface area contributed by atoms with Gasteiger partial charge in [-0.05, 0) is 52.1 Å². The van der Waals surface area contributed by atoms with Gasteiger partial charge in [0.15, 0.2) is 0 Å². The summed E-state index contributed by atoms with van der Waals surface area (Å²) >= 11 is 1.47. The first-order valence-electron chi connectivity index (χ1n) is 7.96. The molecule has 0 aliphatic heterocycles. The predicted octanol–water partition coefficient (Wildman–Crippen LogP) is 5.96. The number of Topliss-reactive ketones (excluding diaryl/α,β-unsaturated/α-hetero) is 1. The minimum Gasteiger partial charge on any atom is -0.497 e. The normalized spacial score (nSPS) is 10.9. The molecule has 0 saturated heterocycles. The summed E-state index contributed by atoms with van der Waals surface area (Å²) in [5.41, 5.74) is 1.38. The average Bonchev–Trinajstić information content (AvgIpc) is 3.09. The minimum atomic E-state index is -0.0320. The van der Waals surface area contributed by atoms with E-state index in [9.17, 15) is 4.79 Å². The molecule has 0 aliphatic rings. The van der Waals surface area contributed by atoms with Crippen molar-refractivity contribution in [3.8, 4) is 5.75 Å². The topological polar surface area (TPSA) is 26.3 Å². The van der Waals surface area contributed by atoms with Crippen LogP contribution in [0.15, 0.2) is 73.3 Å². The highest BCUT2D eigenvalue weighted by Crippen LogP contribution is 2.32. The molecular formula is C22H16O2S. The molecule has 0 radical (unpaired) electrons. The molecule has 3 heteroatoms. The number of fused-ring (bicyclic) bond motifs is 2. The fourth-order valence-corrected chi connectivity index (χ4v) is 3.97. The van der Waals surface area contributed by atoms with Crippen molar-refractivity contribution in [3.05, 3.63) is 83.7 Å². The molecule has 0 spiro atoms. The Morgan fingerprint density at radius 3 is 2.48 bits per heavy atom. The van der Waals surface area contributed by atoms with Gasteiger partial charge in [0.2, 0.25) is 5.78 Å². The Morgan fingerprint density at radius 1 is 0.920 bits per heavy atom. The molecule has 3 aromatic carbocycles. The summed E-state index contributed by atoms with van der Waals surface area (Å²) in [6, 6.07) is 21.9. The Morgan fingerprint density at radius 2 is 1.68 bits per heavy atom. The van der Waals surface area contributed by atoms with E-state index >= 15 is 0 Å². The maximum Gasteiger partial charge on any atom is 0.202 e. The van der Waals surface area contributed by atoms with Gasteiger partial charge in [-0.3, -0.25) is 4.79 Å². The highest BCUT2D eigenvalue weighted by molar-refractivity contribution is 7.21. The van der Waals surface area contributed by atoms with Crippen molar-refractivity contribution in [1.29, 1.82) is 0 Å². The van der Waals surface area contributed by atoms with E-state index in [-0.39, 0.29) is 5.78 Å². The molecule has 0 saturated carbocycles. The molecule has 0 fully saturated rings. The van der Waals surface area contributed by atoms with Gasteiger partial charge >= 0.3 is 0 Å². The molecule has 4 aromatic rings. The second-order valence-electron chi connectivity index (χ2n) is 5.88. The molecule has 0 amide bonds. The van der Waals surface area contributed by atoms with E-state index in [2.05, 4.69) is 12.6 Å². The lowest BCUT2D eigenvalue weighted by atomic mass is 9.99. The summed E-state index contributed by atoms with van der Waals surface area (Å²) in [5, 5.41) is 3.30. The zero-order valence-electron chi connectivity index (χ0n) is 13.8. The third-order valence-corrected chi connectivity index (χ3v) is 5.42. The van der Waals surface area contributed by atoms with Gasteiger partial charge in [-0.2, -0.15) is 0 Å². The van der Waals surface area contributed by atoms with Gasteiger partial charge in [-0.25, -0.2) is 0 Å². The van der Waals surface area contributed by atoms with Crippen LogP contribution in [0.3, 0.4) is 0 Å². The van der Waals surface area contributed by atoms with Crippen molar-refractivity contribution in [3.63, 3.8) is 0 Å². The van der Waals surface area contributed by atoms with E-state index in [0.717, 1.165) is 32.2 Å². The second-order valence-corrected chi connectivity index (χ2v) is 6.97. The molecule has 0 aliphatic carbocycles. The van der Waals surface area contributed by atoms with E-state index in [0.29, 0.717) is 10.5 Å². The molecule has 0 bridgehead atoms. The Labute approximate surface area is 150 Å². The fraction of sp³-hybridized carbons (Fsp3) is 0.0455. The SMILES string of the molecule is C=C(C(=O)c1cc2ccc(OC)cc2s1)c1ccc2ccccc2c1. The number of methoxy groups -OCH3 is 1. The molecule has 4 rings (SSSR count). The van der Waals surface area contributed by atoms with Crippen LogP contribution >= 0.6 is 11.3 Å². The number of carbonyl (C=O) groups is 1. The summed E-state index contributed by atoms with van der Waals surface area (Å²) in [7, 11) is 1.64. The van der Waals surface area contributed by atoms with Crippen LogP contribution in [-0.4, -0.2) is 12.9 Å². The first-order chi connectivity index (χ1) is 12.2. The lowest BCUT2D eigenvalue weighted by Gasteiger charge is -2.05. The van der Waals surface area contributed by atoms with Crippen LogP contribution in [0.4, 0.5) is 0 Å². The number of hydrogen-bond acceptors (Lipinski definition) is 3. The van der Waals surface area contributed by atoms with Gasteiger partial charge < -0.3 is 4.74 Å². The maximum absolute atomic E-state index is 12.9. The van der Waals surface area contributed by atoms with Crippen LogP contribution in [0.5, 0.6) is 5.75 Å². The molecule has 0 N–H and O–H groups in total. The van der Waals surface area contributed by atoms with Gasteiger partial charge in [0.05, 0.1) is 12.0 Å². The van der Waals surface area contributed by atoms with Crippen molar-refractivity contribution in [1.82, 2.24) is 0 Å². The zero-order chi connectivity index (χ0) is 17.4. The maximum atomic E-state index is 12.9. The smallest absolute Gasteiger partial charge is 0.202 e. The average molecular weight is 344 g/mol. The van der Waals surface area contributed by atoms with Crippen molar-refractivity contribution >= 4 is 43.6 Å². The molecular weight excluding hydrogens is 328 g/mol. The van der Waals surface area contributed by atoms with E-state index in [1.807, 2.05) is 60.7 Å². The van der Waals surface area contributed by atoms with Crippen molar-refractivity contribution in [2.45, 2.75) is 0 Å². The largest absolute Gasteiger partial charge is 0.497 e. The van der Waals surface area contributed by atoms with E-state index < -0.39 is 0 Å². The number of carbonyl (C=O) groups excluding carboxylic acids is 1. The van der Waals surface area contributed by atoms with Crippen LogP contribution in [0, 0.1) is 0 Å². The van der Waals surface area contributed by atoms with Crippen LogP contribution in [0.25, 0.3) is 26.4 Å². The second kappa shape index (κ2) is 6.19. The van der Waals surface area contributed by atoms with Gasteiger partial charge in [0.25, 0.3) is 0 Å². The summed E-state index contributed by atoms with van der Waals surface area (Å²) in [4.78, 5) is 13.6. The third-order valence-electron chi connectivity index (χ3n) is 4.32. The molecule has 2 nitrogen and oxygen atoms in total. The summed E-state index contributed by atoms with van der Waals surface area (Å²) in [6.07, 6.45) is 0. The molecule has 25 heavy (non-hydrogen) atoms. The van der Waals surface area contributed by atoms with Gasteiger partial charge in [-0.15, -0.1) is 11.3 Å². The monoisotopic (exact) mass is 344 g/mol. The first kappa shape index (κ1) is 15.6. The first-order valence-corrected chi connectivity index (χ1v) is 8.78. The quantitative estimate of drug-likeness (QED) is 0.337. The van der Waals surface area contributed by atoms with E-state index in [1.165, 1.54) is 11.3 Å². The number of allylic oxidation sites excluding steroid dienone is 1. The number of rotatable bonds is 4. The molecule has 1 aromatic heterocycles. The summed E-state index contributed by atoms with van der Waals surface area (Å²) < 4.78 is 6.29. The Bertz CT molecular complexity index is 1120. The van der Waals surface area contributed by atoms with E-state index in [1.54, 1.807) is 7.11 Å². The summed E-state index contributed by atoms with van der Waals surface area (Å²) in [6.45, 7) is 4.04. The standard InChI is InChI=1S/C22H16O2S/c1-14(16-8-7-15-5-3-4-6-17(15)11-16)22(23)21-12-18-9-10-19(24-2)13-20(18)25-21/h3-13H,1H2,2H3. The predicted molar refractivity (Wildman–Crippen MR) is 106 cm³/mol. The number of benzene rings is 3. The number of thiophene rings is 1. The van der Waals surface area contributed by atoms with E-state index in [4.69, 9.17) is 4.74 Å². The molecule has 1 heterocycles. The number of ether oxygens (including phenoxy) is 1. The highest BCUT2D eigenvalue weighted by atomic mass is 32.1. The lowest BCUT2D eigenvalue weighted by Crippen LogP contribution is -1.99. The van der Waals surface area contributed by atoms with Crippen molar-refractivity contribution in [2.24, 2.45) is 0 Å². The third kappa shape index (κ3) is 2.83. The van der Waals surface area contributed by atoms with Crippen LogP contribution in [0.2, 0.25) is 0 Å². The van der Waals surface area contributed by atoms with Crippen molar-refractivity contribution in [2.75, 3.05) is 7.11 Å². The van der Waals surface area contributed by atoms with Crippen LogP contribution in [-0.2, 0) is 0 Å². The highest BCUT2D eigenvalue weighted by Gasteiger charge is 2.16. The van der Waals surface area contributed by atoms with Crippen LogP contribution < -0.4 is 4.74 Å². The molecule has 0 atom stereocenters. The summed E-state index contributed by atoms with van der Waals surface area (Å²) in [5.74, 6) is 0.761. The van der Waals surface area contributed by atoms with Crippen LogP contribution in [0.1, 0.15) is 15.2 Å². The molecule has 122 valence electrons. The van der Waals surface area contributed by atoms with Gasteiger partial charge in [0.1, 0.15) is 5.75 Å². The zero-order valence-corrected chi connectivity index (χ0v) is 14.6. The lowest BCUT2D eigenvalue weighted by molar-refractivity contribution is 0.106. The number of hydrogen-bond donors (Lipinski definition) is 0. The van der Waals surface area contributed by atoms with Gasteiger partial charge in [-0.1, -0.05) is 43.0 Å². The van der Waals surface area contributed by atoms with Crippen molar-refractivity contribution < 1.29 is 9.53 Å². The molecule has 0 unspecified atom stereocenters. The minimum absolute atomic E-state index is 0.0320.